The molecule has 0 amide bonds. The molecule has 1 saturated heterocycles. The lowest BCUT2D eigenvalue weighted by atomic mass is 9.59. The van der Waals surface area contributed by atoms with Crippen LogP contribution in [0.3, 0.4) is 0 Å². The fourth-order valence-corrected chi connectivity index (χ4v) is 10.2. The average molecular weight is 453 g/mol. The van der Waals surface area contributed by atoms with Crippen molar-refractivity contribution in [1.29, 1.82) is 0 Å². The predicted molar refractivity (Wildman–Crippen MR) is 141 cm³/mol. The molecule has 7 atom stereocenters. The van der Waals surface area contributed by atoms with Gasteiger partial charge >= 0.3 is 0 Å². The average Bonchev–Trinajstić information content (AvgIpc) is 3.12. The highest BCUT2D eigenvalue weighted by Gasteiger charge is 2.84. The molecule has 0 radical (unpaired) electrons. The van der Waals surface area contributed by atoms with Gasteiger partial charge in [-0.2, -0.15) is 0 Å². The third-order valence-electron chi connectivity index (χ3n) is 10.9. The molecule has 0 aromatic carbocycles. The molecule has 0 aromatic heterocycles. The molecule has 1 heterocycles. The fraction of sp³-hybridized carbons (Fsp3) is 0.793. The summed E-state index contributed by atoms with van der Waals surface area (Å²) >= 11 is 5.50. The summed E-state index contributed by atoms with van der Waals surface area (Å²) in [7, 11) is 0. The topological polar surface area (TPSA) is 24.4 Å². The smallest absolute Gasteiger partial charge is 0.0389 e. The number of thiocarbonyl (C=S) groups is 1. The molecule has 2 nitrogen and oxygen atoms in total. The van der Waals surface area contributed by atoms with Gasteiger partial charge in [-0.25, -0.2) is 0 Å². The van der Waals surface area contributed by atoms with Crippen molar-refractivity contribution in [2.24, 2.45) is 39.0 Å². The van der Waals surface area contributed by atoms with Crippen molar-refractivity contribution in [3.05, 3.63) is 24.3 Å². The van der Waals surface area contributed by atoms with E-state index in [2.05, 4.69) is 44.8 Å². The van der Waals surface area contributed by atoms with Crippen LogP contribution in [0.1, 0.15) is 91.4 Å². The number of nitrogens with zero attached hydrogens (tertiary/aromatic N) is 1. The summed E-state index contributed by atoms with van der Waals surface area (Å²) in [6, 6.07) is 0.463. The molecule has 176 valence electrons. The summed E-state index contributed by atoms with van der Waals surface area (Å²) < 4.78 is 0. The zero-order valence-corrected chi connectivity index (χ0v) is 21.5. The lowest BCUT2D eigenvalue weighted by molar-refractivity contribution is 0.0525. The van der Waals surface area contributed by atoms with Crippen molar-refractivity contribution < 1.29 is 0 Å². The van der Waals surface area contributed by atoms with Crippen LogP contribution in [0.25, 0.3) is 0 Å². The Hall–Kier alpha value is -0.800. The minimum absolute atomic E-state index is 0.456. The molecule has 7 unspecified atom stereocenters. The van der Waals surface area contributed by atoms with Gasteiger partial charge in [-0.05, 0) is 93.8 Å². The summed E-state index contributed by atoms with van der Waals surface area (Å²) in [6.45, 7) is 13.5. The Morgan fingerprint density at radius 2 is 2.06 bits per heavy atom. The number of hydrogen-bond acceptors (Lipinski definition) is 3. The van der Waals surface area contributed by atoms with E-state index in [0.29, 0.717) is 28.2 Å². The third kappa shape index (κ3) is 3.05. The summed E-state index contributed by atoms with van der Waals surface area (Å²) in [5.74, 6) is 2.54. The predicted octanol–water partition coefficient (Wildman–Crippen LogP) is 7.09. The molecule has 32 heavy (non-hydrogen) atoms. The van der Waals surface area contributed by atoms with E-state index in [4.69, 9.17) is 17.2 Å². The van der Waals surface area contributed by atoms with Gasteiger partial charge < -0.3 is 5.32 Å². The summed E-state index contributed by atoms with van der Waals surface area (Å²) in [5.41, 5.74) is 4.79. The molecular formula is C29H44N2S. The highest BCUT2D eigenvalue weighted by atomic mass is 32.1. The molecule has 0 aromatic rings. The second-order valence-corrected chi connectivity index (χ2v) is 12.4. The number of hydrogen-bond donors (Lipinski definition) is 1. The number of aliphatic imine (C=N–C) groups is 1. The van der Waals surface area contributed by atoms with Crippen LogP contribution in [0.15, 0.2) is 29.3 Å². The van der Waals surface area contributed by atoms with Gasteiger partial charge in [0.2, 0.25) is 0 Å². The Labute approximate surface area is 201 Å². The number of fused-ring (bicyclic) bond motifs is 2. The van der Waals surface area contributed by atoms with E-state index in [1.807, 2.05) is 0 Å². The molecule has 4 aliphatic carbocycles. The molecule has 1 aliphatic heterocycles. The van der Waals surface area contributed by atoms with Crippen LogP contribution in [0.5, 0.6) is 0 Å². The lowest BCUT2D eigenvalue weighted by Crippen LogP contribution is -2.40. The van der Waals surface area contributed by atoms with Crippen molar-refractivity contribution in [1.82, 2.24) is 5.32 Å². The van der Waals surface area contributed by atoms with Crippen LogP contribution < -0.4 is 5.32 Å². The second-order valence-electron chi connectivity index (χ2n) is 11.9. The van der Waals surface area contributed by atoms with Crippen LogP contribution in [0, 0.1) is 34.0 Å². The number of rotatable bonds is 8. The van der Waals surface area contributed by atoms with Gasteiger partial charge in [-0.3, -0.25) is 4.99 Å². The van der Waals surface area contributed by atoms with Gasteiger partial charge in [0.1, 0.15) is 0 Å². The van der Waals surface area contributed by atoms with Gasteiger partial charge in [-0.15, -0.1) is 0 Å². The minimum Gasteiger partial charge on any atom is -0.309 e. The maximum atomic E-state index is 5.50. The highest BCUT2D eigenvalue weighted by Crippen LogP contribution is 2.90. The molecule has 5 rings (SSSR count). The van der Waals surface area contributed by atoms with Gasteiger partial charge in [0.25, 0.3) is 0 Å². The fourth-order valence-electron chi connectivity index (χ4n) is 9.92. The SMILES string of the molecule is C=C/C=C1/CCC23C4CCC(C(C)=NCCCC5NCCC5=S)C4(C)CCC2C13CCC. The first kappa shape index (κ1) is 23.0. The minimum atomic E-state index is 0.456. The van der Waals surface area contributed by atoms with Crippen molar-refractivity contribution in [3.63, 3.8) is 0 Å². The maximum Gasteiger partial charge on any atom is 0.0389 e. The summed E-state index contributed by atoms with van der Waals surface area (Å²) in [4.78, 5) is 6.40. The van der Waals surface area contributed by atoms with Crippen LogP contribution in [-0.4, -0.2) is 29.7 Å². The van der Waals surface area contributed by atoms with Crippen molar-refractivity contribution >= 4 is 22.8 Å². The Balaban J connectivity index is 1.31. The van der Waals surface area contributed by atoms with Gasteiger partial charge in [0.05, 0.1) is 0 Å². The first-order valence-corrected chi connectivity index (χ1v) is 14.0. The standard InChI is InChI=1S/C29H44N2S/c1-5-8-21-12-17-29-25-11-10-22(20(3)30-18-7-9-23-24(32)14-19-31-23)27(25,4)16-13-26(29)28(21,29)15-6-2/h5,8,22-23,25-26,31H,1,6-7,9-19H2,2-4H3/b21-8-,30-20?. The quantitative estimate of drug-likeness (QED) is 0.241. The molecule has 5 fully saturated rings. The Morgan fingerprint density at radius 3 is 2.78 bits per heavy atom. The number of allylic oxidation sites excluding steroid dienone is 3. The Morgan fingerprint density at radius 1 is 1.22 bits per heavy atom. The highest BCUT2D eigenvalue weighted by molar-refractivity contribution is 7.80. The Kier molecular flexibility index (Phi) is 6.06. The van der Waals surface area contributed by atoms with Crippen molar-refractivity contribution in [2.45, 2.75) is 97.4 Å². The monoisotopic (exact) mass is 452 g/mol. The van der Waals surface area contributed by atoms with Crippen molar-refractivity contribution in [2.75, 3.05) is 13.1 Å². The lowest BCUT2D eigenvalue weighted by Gasteiger charge is -2.45. The van der Waals surface area contributed by atoms with Crippen molar-refractivity contribution in [3.8, 4) is 0 Å². The van der Waals surface area contributed by atoms with E-state index in [9.17, 15) is 0 Å². The first-order valence-electron chi connectivity index (χ1n) is 13.5. The van der Waals surface area contributed by atoms with Gasteiger partial charge in [0, 0.05) is 41.0 Å². The normalized spacial score (nSPS) is 46.3. The molecular weight excluding hydrogens is 408 g/mol. The van der Waals surface area contributed by atoms with Gasteiger partial charge in [-0.1, -0.05) is 56.8 Å². The van der Waals surface area contributed by atoms with E-state index < -0.39 is 0 Å². The summed E-state index contributed by atoms with van der Waals surface area (Å²) in [6.07, 6.45) is 19.0. The zero-order valence-electron chi connectivity index (χ0n) is 20.7. The molecule has 1 spiro atoms. The van der Waals surface area contributed by atoms with Crippen LogP contribution in [0.4, 0.5) is 0 Å². The molecule has 0 bridgehead atoms. The number of nitrogens with one attached hydrogen (secondary N) is 1. The third-order valence-corrected chi connectivity index (χ3v) is 11.4. The van der Waals surface area contributed by atoms with Gasteiger partial charge in [0.15, 0.2) is 0 Å². The first-order chi connectivity index (χ1) is 15.5. The molecule has 1 N–H and O–H groups in total. The Bertz CT molecular complexity index is 842. The van der Waals surface area contributed by atoms with E-state index >= 15 is 0 Å². The zero-order chi connectivity index (χ0) is 22.6. The van der Waals surface area contributed by atoms with E-state index in [1.54, 1.807) is 5.57 Å². The van der Waals surface area contributed by atoms with E-state index in [1.165, 1.54) is 61.9 Å². The molecule has 3 heteroatoms. The maximum absolute atomic E-state index is 5.50. The largest absolute Gasteiger partial charge is 0.309 e. The van der Waals surface area contributed by atoms with Crippen LogP contribution in [-0.2, 0) is 0 Å². The van der Waals surface area contributed by atoms with Crippen LogP contribution in [0.2, 0.25) is 0 Å². The summed E-state index contributed by atoms with van der Waals surface area (Å²) in [5, 5.41) is 3.55. The second kappa shape index (κ2) is 8.45. The van der Waals surface area contributed by atoms with E-state index in [-0.39, 0.29) is 0 Å². The molecule has 5 aliphatic rings. The molecule has 4 saturated carbocycles. The van der Waals surface area contributed by atoms with E-state index in [0.717, 1.165) is 44.2 Å². The van der Waals surface area contributed by atoms with Crippen LogP contribution >= 0.6 is 12.2 Å².